The quantitative estimate of drug-likeness (QED) is 0.799. The van der Waals surface area contributed by atoms with Gasteiger partial charge in [0.1, 0.15) is 0 Å². The Morgan fingerprint density at radius 1 is 1.14 bits per heavy atom. The molecule has 1 N–H and O–H groups in total. The summed E-state index contributed by atoms with van der Waals surface area (Å²) in [7, 11) is 0. The summed E-state index contributed by atoms with van der Waals surface area (Å²) in [5.41, 5.74) is 3.84. The van der Waals surface area contributed by atoms with E-state index in [0.29, 0.717) is 25.3 Å². The molecule has 0 aliphatic carbocycles. The Labute approximate surface area is 165 Å². The Hall–Kier alpha value is -2.70. The van der Waals surface area contributed by atoms with Gasteiger partial charge in [-0.05, 0) is 51.3 Å². The zero-order valence-corrected chi connectivity index (χ0v) is 16.8. The SMILES string of the molecule is CCCCOC(=O)N1CCC(NC(=O)c2ccc3nc(C)c(C)nc3c2)CC1. The van der Waals surface area contributed by atoms with Gasteiger partial charge in [0.05, 0.1) is 29.0 Å². The maximum atomic E-state index is 12.6. The van der Waals surface area contributed by atoms with E-state index in [4.69, 9.17) is 4.74 Å². The summed E-state index contributed by atoms with van der Waals surface area (Å²) in [6.07, 6.45) is 3.08. The van der Waals surface area contributed by atoms with Crippen LogP contribution in [0, 0.1) is 13.8 Å². The van der Waals surface area contributed by atoms with Crippen molar-refractivity contribution < 1.29 is 14.3 Å². The number of amides is 2. The third kappa shape index (κ3) is 4.77. The number of carbonyl (C=O) groups is 2. The molecule has 0 saturated carbocycles. The maximum Gasteiger partial charge on any atom is 0.409 e. The number of ether oxygens (including phenoxy) is 1. The zero-order chi connectivity index (χ0) is 20.1. The Morgan fingerprint density at radius 3 is 2.50 bits per heavy atom. The van der Waals surface area contributed by atoms with Gasteiger partial charge in [-0.3, -0.25) is 4.79 Å². The molecule has 1 fully saturated rings. The first-order valence-corrected chi connectivity index (χ1v) is 9.95. The van der Waals surface area contributed by atoms with Crippen molar-refractivity contribution >= 4 is 23.0 Å². The number of benzene rings is 1. The van der Waals surface area contributed by atoms with Crippen LogP contribution in [0.4, 0.5) is 4.79 Å². The number of rotatable bonds is 5. The number of piperidine rings is 1. The molecule has 28 heavy (non-hydrogen) atoms. The van der Waals surface area contributed by atoms with Crippen LogP contribution < -0.4 is 5.32 Å². The lowest BCUT2D eigenvalue weighted by Gasteiger charge is -2.31. The van der Waals surface area contributed by atoms with E-state index < -0.39 is 0 Å². The van der Waals surface area contributed by atoms with E-state index in [1.54, 1.807) is 17.0 Å². The molecule has 2 amide bonds. The van der Waals surface area contributed by atoms with E-state index in [2.05, 4.69) is 22.2 Å². The van der Waals surface area contributed by atoms with E-state index in [0.717, 1.165) is 48.1 Å². The van der Waals surface area contributed by atoms with Crippen LogP contribution in [0.15, 0.2) is 18.2 Å². The lowest BCUT2D eigenvalue weighted by molar-refractivity contribution is 0.0836. The van der Waals surface area contributed by atoms with Gasteiger partial charge >= 0.3 is 6.09 Å². The molecule has 1 saturated heterocycles. The van der Waals surface area contributed by atoms with Gasteiger partial charge in [-0.25, -0.2) is 14.8 Å². The standard InChI is InChI=1S/C21H28N4O3/c1-4-5-12-28-21(27)25-10-8-17(9-11-25)24-20(26)16-6-7-18-19(13-16)23-15(3)14(2)22-18/h6-7,13,17H,4-5,8-12H2,1-3H3,(H,24,26). The van der Waals surface area contributed by atoms with Crippen molar-refractivity contribution in [1.29, 1.82) is 0 Å². The number of hydrogen-bond acceptors (Lipinski definition) is 5. The number of unbranched alkanes of at least 4 members (excludes halogenated alkanes) is 1. The van der Waals surface area contributed by atoms with Crippen LogP contribution in [0.25, 0.3) is 11.0 Å². The fraction of sp³-hybridized carbons (Fsp3) is 0.524. The number of nitrogens with zero attached hydrogens (tertiary/aromatic N) is 3. The van der Waals surface area contributed by atoms with Crippen LogP contribution in [-0.4, -0.2) is 52.6 Å². The molecule has 3 rings (SSSR count). The molecule has 1 aliphatic rings. The third-order valence-corrected chi connectivity index (χ3v) is 5.15. The Bertz CT molecular complexity index is 860. The molecule has 0 bridgehead atoms. The summed E-state index contributed by atoms with van der Waals surface area (Å²) in [5.74, 6) is -0.120. The number of aryl methyl sites for hydroxylation is 2. The van der Waals surface area contributed by atoms with Crippen LogP contribution in [-0.2, 0) is 4.74 Å². The van der Waals surface area contributed by atoms with Gasteiger partial charge in [-0.15, -0.1) is 0 Å². The molecule has 0 unspecified atom stereocenters. The molecule has 2 aromatic rings. The van der Waals surface area contributed by atoms with Gasteiger partial charge in [0.25, 0.3) is 5.91 Å². The molecule has 0 spiro atoms. The number of fused-ring (bicyclic) bond motifs is 1. The first-order valence-electron chi connectivity index (χ1n) is 9.95. The lowest BCUT2D eigenvalue weighted by atomic mass is 10.0. The van der Waals surface area contributed by atoms with Crippen LogP contribution >= 0.6 is 0 Å². The third-order valence-electron chi connectivity index (χ3n) is 5.15. The maximum absolute atomic E-state index is 12.6. The summed E-state index contributed by atoms with van der Waals surface area (Å²) in [4.78, 5) is 35.4. The van der Waals surface area contributed by atoms with Crippen molar-refractivity contribution in [2.45, 2.75) is 52.5 Å². The molecule has 1 aromatic carbocycles. The van der Waals surface area contributed by atoms with Gasteiger partial charge in [-0.2, -0.15) is 0 Å². The summed E-state index contributed by atoms with van der Waals surface area (Å²) >= 11 is 0. The number of nitrogens with one attached hydrogen (secondary N) is 1. The fourth-order valence-corrected chi connectivity index (χ4v) is 3.24. The molecule has 2 heterocycles. The highest BCUT2D eigenvalue weighted by Gasteiger charge is 2.25. The van der Waals surface area contributed by atoms with Gasteiger partial charge < -0.3 is 15.0 Å². The minimum absolute atomic E-state index is 0.0497. The van der Waals surface area contributed by atoms with Crippen LogP contribution in [0.3, 0.4) is 0 Å². The minimum Gasteiger partial charge on any atom is -0.449 e. The first kappa shape index (κ1) is 20.0. The second kappa shape index (κ2) is 8.99. The van der Waals surface area contributed by atoms with Crippen molar-refractivity contribution in [3.8, 4) is 0 Å². The molecule has 0 atom stereocenters. The Kier molecular flexibility index (Phi) is 6.44. The number of likely N-dealkylation sites (tertiary alicyclic amines) is 1. The second-order valence-corrected chi connectivity index (χ2v) is 7.30. The van der Waals surface area contributed by atoms with Crippen molar-refractivity contribution in [2.75, 3.05) is 19.7 Å². The van der Waals surface area contributed by atoms with E-state index >= 15 is 0 Å². The predicted octanol–water partition coefficient (Wildman–Crippen LogP) is 3.38. The lowest BCUT2D eigenvalue weighted by Crippen LogP contribution is -2.46. The van der Waals surface area contributed by atoms with E-state index in [1.807, 2.05) is 19.9 Å². The molecule has 7 nitrogen and oxygen atoms in total. The summed E-state index contributed by atoms with van der Waals surface area (Å²) < 4.78 is 5.25. The van der Waals surface area contributed by atoms with Gasteiger partial charge in [0, 0.05) is 24.7 Å². The van der Waals surface area contributed by atoms with Crippen LogP contribution in [0.2, 0.25) is 0 Å². The summed E-state index contributed by atoms with van der Waals surface area (Å²) in [6.45, 7) is 7.56. The predicted molar refractivity (Wildman–Crippen MR) is 107 cm³/mol. The topological polar surface area (TPSA) is 84.4 Å². The largest absolute Gasteiger partial charge is 0.449 e. The fourth-order valence-electron chi connectivity index (χ4n) is 3.24. The highest BCUT2D eigenvalue weighted by molar-refractivity contribution is 5.97. The second-order valence-electron chi connectivity index (χ2n) is 7.30. The number of hydrogen-bond donors (Lipinski definition) is 1. The monoisotopic (exact) mass is 384 g/mol. The molecule has 1 aromatic heterocycles. The average molecular weight is 384 g/mol. The van der Waals surface area contributed by atoms with E-state index in [-0.39, 0.29) is 18.0 Å². The van der Waals surface area contributed by atoms with Crippen molar-refractivity contribution in [3.63, 3.8) is 0 Å². The smallest absolute Gasteiger partial charge is 0.409 e. The summed E-state index contributed by atoms with van der Waals surface area (Å²) in [6, 6.07) is 5.44. The highest BCUT2D eigenvalue weighted by Crippen LogP contribution is 2.16. The zero-order valence-electron chi connectivity index (χ0n) is 16.8. The van der Waals surface area contributed by atoms with Gasteiger partial charge in [0.15, 0.2) is 0 Å². The summed E-state index contributed by atoms with van der Waals surface area (Å²) in [5, 5.41) is 3.07. The van der Waals surface area contributed by atoms with E-state index in [9.17, 15) is 9.59 Å². The van der Waals surface area contributed by atoms with Crippen molar-refractivity contribution in [1.82, 2.24) is 20.2 Å². The highest BCUT2D eigenvalue weighted by atomic mass is 16.6. The Morgan fingerprint density at radius 2 is 1.82 bits per heavy atom. The molecule has 7 heteroatoms. The molecular weight excluding hydrogens is 356 g/mol. The van der Waals surface area contributed by atoms with Crippen LogP contribution in [0.1, 0.15) is 54.4 Å². The van der Waals surface area contributed by atoms with Crippen LogP contribution in [0.5, 0.6) is 0 Å². The van der Waals surface area contributed by atoms with Gasteiger partial charge in [0.2, 0.25) is 0 Å². The van der Waals surface area contributed by atoms with Crippen molar-refractivity contribution in [2.24, 2.45) is 0 Å². The molecule has 150 valence electrons. The number of aromatic nitrogens is 2. The normalized spacial score (nSPS) is 14.9. The molecular formula is C21H28N4O3. The average Bonchev–Trinajstić information content (AvgIpc) is 2.69. The molecule has 1 aliphatic heterocycles. The number of carbonyl (C=O) groups excluding carboxylic acids is 2. The minimum atomic E-state index is -0.253. The van der Waals surface area contributed by atoms with Crippen molar-refractivity contribution in [3.05, 3.63) is 35.2 Å². The first-order chi connectivity index (χ1) is 13.5. The van der Waals surface area contributed by atoms with Gasteiger partial charge in [-0.1, -0.05) is 13.3 Å². The Balaban J connectivity index is 1.55. The van der Waals surface area contributed by atoms with E-state index in [1.165, 1.54) is 0 Å². The molecule has 0 radical (unpaired) electrons.